The van der Waals surface area contributed by atoms with Crippen molar-refractivity contribution in [2.75, 3.05) is 18.6 Å². The fourth-order valence-corrected chi connectivity index (χ4v) is 2.13. The molecule has 1 aromatic carbocycles. The fourth-order valence-electron chi connectivity index (χ4n) is 1.15. The average Bonchev–Trinajstić information content (AvgIpc) is 2.24. The van der Waals surface area contributed by atoms with Gasteiger partial charge >= 0.3 is 0 Å². The van der Waals surface area contributed by atoms with Crippen LogP contribution in [0.25, 0.3) is 0 Å². The first-order chi connectivity index (χ1) is 7.24. The Hall–Kier alpha value is -0.230. The third-order valence-electron chi connectivity index (χ3n) is 1.90. The number of nitrogens with one attached hydrogen (secondary N) is 1. The Morgan fingerprint density at radius 1 is 1.53 bits per heavy atom. The van der Waals surface area contributed by atoms with Crippen molar-refractivity contribution < 1.29 is 4.79 Å². The molecule has 1 rings (SSSR count). The predicted molar refractivity (Wildman–Crippen MR) is 74.5 cm³/mol. The number of benzene rings is 1. The van der Waals surface area contributed by atoms with E-state index in [4.69, 9.17) is 0 Å². The van der Waals surface area contributed by atoms with Crippen LogP contribution >= 0.6 is 34.4 Å². The monoisotopic (exact) mass is 335 g/mol. The van der Waals surface area contributed by atoms with Gasteiger partial charge in [-0.2, -0.15) is 11.8 Å². The Morgan fingerprint density at radius 2 is 2.33 bits per heavy atom. The molecule has 1 N–H and O–H groups in total. The van der Waals surface area contributed by atoms with Crippen molar-refractivity contribution in [3.8, 4) is 0 Å². The summed E-state index contributed by atoms with van der Waals surface area (Å²) in [4.78, 5) is 11.6. The summed E-state index contributed by atoms with van der Waals surface area (Å²) in [5, 5.41) is 2.91. The van der Waals surface area contributed by atoms with E-state index in [0.717, 1.165) is 27.9 Å². The zero-order chi connectivity index (χ0) is 11.1. The molecule has 0 atom stereocenters. The van der Waals surface area contributed by atoms with Gasteiger partial charge in [0.1, 0.15) is 0 Å². The molecular formula is C11H14INOS. The Balaban J connectivity index is 2.40. The smallest absolute Gasteiger partial charge is 0.251 e. The third kappa shape index (κ3) is 4.88. The van der Waals surface area contributed by atoms with E-state index >= 15 is 0 Å². The van der Waals surface area contributed by atoms with E-state index in [0.29, 0.717) is 0 Å². The second-order valence-corrected chi connectivity index (χ2v) is 5.34. The highest BCUT2D eigenvalue weighted by Crippen LogP contribution is 2.07. The Kier molecular flexibility index (Phi) is 6.09. The van der Waals surface area contributed by atoms with Crippen molar-refractivity contribution in [1.29, 1.82) is 0 Å². The average molecular weight is 335 g/mol. The largest absolute Gasteiger partial charge is 0.352 e. The summed E-state index contributed by atoms with van der Waals surface area (Å²) in [6, 6.07) is 7.61. The summed E-state index contributed by atoms with van der Waals surface area (Å²) in [6.07, 6.45) is 3.10. The van der Waals surface area contributed by atoms with Gasteiger partial charge in [-0.1, -0.05) is 6.07 Å². The van der Waals surface area contributed by atoms with Crippen LogP contribution in [0, 0.1) is 3.57 Å². The molecule has 0 aliphatic carbocycles. The molecule has 0 bridgehead atoms. The highest BCUT2D eigenvalue weighted by atomic mass is 127. The molecule has 0 aromatic heterocycles. The number of hydrogen-bond acceptors (Lipinski definition) is 2. The molecule has 2 nitrogen and oxygen atoms in total. The zero-order valence-electron chi connectivity index (χ0n) is 8.63. The highest BCUT2D eigenvalue weighted by Gasteiger charge is 2.03. The van der Waals surface area contributed by atoms with E-state index < -0.39 is 0 Å². The standard InChI is InChI=1S/C11H14INOS/c1-15-7-3-6-13-11(14)9-4-2-5-10(12)8-9/h2,4-5,8H,3,6-7H2,1H3,(H,13,14). The van der Waals surface area contributed by atoms with Gasteiger partial charge in [0.2, 0.25) is 0 Å². The minimum atomic E-state index is 0.0228. The normalized spacial score (nSPS) is 10.0. The minimum absolute atomic E-state index is 0.0228. The van der Waals surface area contributed by atoms with E-state index in [-0.39, 0.29) is 5.91 Å². The van der Waals surface area contributed by atoms with Gasteiger partial charge in [-0.05, 0) is 59.2 Å². The SMILES string of the molecule is CSCCCNC(=O)c1cccc(I)c1. The number of rotatable bonds is 5. The number of amides is 1. The maximum absolute atomic E-state index is 11.6. The Morgan fingerprint density at radius 3 is 3.00 bits per heavy atom. The van der Waals surface area contributed by atoms with Crippen LogP contribution in [0.1, 0.15) is 16.8 Å². The van der Waals surface area contributed by atoms with Gasteiger partial charge in [0.25, 0.3) is 5.91 Å². The van der Waals surface area contributed by atoms with E-state index in [9.17, 15) is 4.79 Å². The molecule has 0 fully saturated rings. The number of carbonyl (C=O) groups excluding carboxylic acids is 1. The van der Waals surface area contributed by atoms with Gasteiger partial charge in [0.05, 0.1) is 0 Å². The molecule has 0 saturated heterocycles. The van der Waals surface area contributed by atoms with Gasteiger partial charge in [-0.3, -0.25) is 4.79 Å². The molecule has 0 saturated carbocycles. The summed E-state index contributed by atoms with van der Waals surface area (Å²) in [6.45, 7) is 0.755. The van der Waals surface area contributed by atoms with E-state index in [1.807, 2.05) is 24.3 Å². The topological polar surface area (TPSA) is 29.1 Å². The van der Waals surface area contributed by atoms with Gasteiger partial charge in [-0.15, -0.1) is 0 Å². The predicted octanol–water partition coefficient (Wildman–Crippen LogP) is 2.77. The summed E-state index contributed by atoms with van der Waals surface area (Å²) in [7, 11) is 0. The molecule has 15 heavy (non-hydrogen) atoms. The van der Waals surface area contributed by atoms with Crippen LogP contribution in [0.4, 0.5) is 0 Å². The second kappa shape index (κ2) is 7.11. The molecule has 1 aromatic rings. The third-order valence-corrected chi connectivity index (χ3v) is 3.27. The van der Waals surface area contributed by atoms with Crippen LogP contribution in [0.5, 0.6) is 0 Å². The van der Waals surface area contributed by atoms with Gasteiger partial charge < -0.3 is 5.32 Å². The summed E-state index contributed by atoms with van der Waals surface area (Å²) >= 11 is 4.01. The van der Waals surface area contributed by atoms with E-state index in [2.05, 4.69) is 34.2 Å². The van der Waals surface area contributed by atoms with E-state index in [1.165, 1.54) is 0 Å². The van der Waals surface area contributed by atoms with Gasteiger partial charge in [-0.25, -0.2) is 0 Å². The van der Waals surface area contributed by atoms with Crippen molar-refractivity contribution in [1.82, 2.24) is 5.32 Å². The van der Waals surface area contributed by atoms with Crippen LogP contribution in [0.2, 0.25) is 0 Å². The minimum Gasteiger partial charge on any atom is -0.352 e. The van der Waals surface area contributed by atoms with Crippen molar-refractivity contribution in [3.63, 3.8) is 0 Å². The Bertz CT molecular complexity index is 330. The first kappa shape index (κ1) is 12.8. The highest BCUT2D eigenvalue weighted by molar-refractivity contribution is 14.1. The van der Waals surface area contributed by atoms with Crippen LogP contribution in [0.15, 0.2) is 24.3 Å². The first-order valence-corrected chi connectivity index (χ1v) is 7.24. The molecule has 0 aliphatic rings. The molecule has 1 amide bonds. The summed E-state index contributed by atoms with van der Waals surface area (Å²) in [5.74, 6) is 1.11. The lowest BCUT2D eigenvalue weighted by atomic mass is 10.2. The molecule has 0 heterocycles. The first-order valence-electron chi connectivity index (χ1n) is 4.76. The molecule has 0 aliphatic heterocycles. The number of thioether (sulfide) groups is 1. The van der Waals surface area contributed by atoms with Crippen LogP contribution in [0.3, 0.4) is 0 Å². The van der Waals surface area contributed by atoms with Gasteiger partial charge in [0.15, 0.2) is 0 Å². The summed E-state index contributed by atoms with van der Waals surface area (Å²) < 4.78 is 1.09. The molecule has 0 radical (unpaired) electrons. The molecule has 0 unspecified atom stereocenters. The van der Waals surface area contributed by atoms with Gasteiger partial charge in [0, 0.05) is 15.7 Å². The van der Waals surface area contributed by atoms with Crippen molar-refractivity contribution in [3.05, 3.63) is 33.4 Å². The number of halogens is 1. The summed E-state index contributed by atoms with van der Waals surface area (Å²) in [5.41, 5.74) is 0.742. The lowest BCUT2D eigenvalue weighted by Gasteiger charge is -2.04. The molecule has 82 valence electrons. The van der Waals surface area contributed by atoms with Crippen LogP contribution in [-0.4, -0.2) is 24.5 Å². The second-order valence-electron chi connectivity index (χ2n) is 3.11. The van der Waals surface area contributed by atoms with Crippen molar-refractivity contribution in [2.24, 2.45) is 0 Å². The molecule has 0 spiro atoms. The molecular weight excluding hydrogens is 321 g/mol. The fraction of sp³-hybridized carbons (Fsp3) is 0.364. The zero-order valence-corrected chi connectivity index (χ0v) is 11.6. The Labute approximate surface area is 108 Å². The lowest BCUT2D eigenvalue weighted by Crippen LogP contribution is -2.24. The van der Waals surface area contributed by atoms with E-state index in [1.54, 1.807) is 11.8 Å². The maximum Gasteiger partial charge on any atom is 0.251 e. The number of hydrogen-bond donors (Lipinski definition) is 1. The number of carbonyl (C=O) groups is 1. The van der Waals surface area contributed by atoms with Crippen molar-refractivity contribution >= 4 is 40.3 Å². The maximum atomic E-state index is 11.6. The lowest BCUT2D eigenvalue weighted by molar-refractivity contribution is 0.0953. The van der Waals surface area contributed by atoms with Crippen LogP contribution in [-0.2, 0) is 0 Å². The van der Waals surface area contributed by atoms with Crippen LogP contribution < -0.4 is 5.32 Å². The van der Waals surface area contributed by atoms with Crippen molar-refractivity contribution in [2.45, 2.75) is 6.42 Å². The molecule has 4 heteroatoms. The quantitative estimate of drug-likeness (QED) is 0.662.